The minimum atomic E-state index is -0.0967. The highest BCUT2D eigenvalue weighted by molar-refractivity contribution is 5.73. The molecule has 1 heterocycles. The average Bonchev–Trinajstić information content (AvgIpc) is 2.73. The predicted molar refractivity (Wildman–Crippen MR) is 112 cm³/mol. The summed E-state index contributed by atoms with van der Waals surface area (Å²) in [6, 6.07) is 21.1. The van der Waals surface area contributed by atoms with E-state index in [9.17, 15) is 4.79 Å². The first-order valence-corrected chi connectivity index (χ1v) is 9.91. The largest absolute Gasteiger partial charge is 0.369 e. The molecule has 3 rings (SSSR count). The van der Waals surface area contributed by atoms with Crippen LogP contribution in [0.15, 0.2) is 54.6 Å². The number of rotatable bonds is 7. The van der Waals surface area contributed by atoms with E-state index < -0.39 is 0 Å². The molecule has 1 amide bonds. The molecule has 0 aliphatic carbocycles. The smallest absolute Gasteiger partial charge is 0.217 e. The highest BCUT2D eigenvalue weighted by atomic mass is 16.1. The van der Waals surface area contributed by atoms with Gasteiger partial charge in [-0.05, 0) is 29.7 Å². The zero-order chi connectivity index (χ0) is 19.8. The zero-order valence-corrected chi connectivity index (χ0v) is 16.5. The van der Waals surface area contributed by atoms with E-state index in [1.807, 2.05) is 0 Å². The zero-order valence-electron chi connectivity index (χ0n) is 16.5. The summed E-state index contributed by atoms with van der Waals surface area (Å²) in [7, 11) is 0. The van der Waals surface area contributed by atoms with Gasteiger partial charge in [0, 0.05) is 51.8 Å². The Labute approximate surface area is 167 Å². The molecule has 0 unspecified atom stereocenters. The molecule has 1 N–H and O–H groups in total. The first-order valence-electron chi connectivity index (χ1n) is 9.91. The molecule has 1 aliphatic heterocycles. The van der Waals surface area contributed by atoms with Crippen molar-refractivity contribution in [3.63, 3.8) is 0 Å². The fraction of sp³-hybridized carbons (Fsp3) is 0.391. The van der Waals surface area contributed by atoms with Gasteiger partial charge in [0.15, 0.2) is 0 Å². The number of nitrogens with one attached hydrogen (secondary N) is 1. The van der Waals surface area contributed by atoms with E-state index in [0.29, 0.717) is 12.8 Å². The summed E-state index contributed by atoms with van der Waals surface area (Å²) in [6.07, 6.45) is 1.06. The molecule has 1 atom stereocenters. The Balaban J connectivity index is 1.54. The lowest BCUT2D eigenvalue weighted by atomic mass is 10.0. The second kappa shape index (κ2) is 9.91. The van der Waals surface area contributed by atoms with E-state index in [2.05, 4.69) is 75.8 Å². The van der Waals surface area contributed by atoms with Crippen LogP contribution in [0.2, 0.25) is 0 Å². The van der Waals surface area contributed by atoms with Crippen LogP contribution in [0.3, 0.4) is 0 Å². The average molecular weight is 377 g/mol. The number of anilines is 1. The Kier molecular flexibility index (Phi) is 7.05. The van der Waals surface area contributed by atoms with Gasteiger partial charge in [-0.2, -0.15) is 5.26 Å². The third-order valence-corrected chi connectivity index (χ3v) is 5.20. The molecule has 146 valence electrons. The monoisotopic (exact) mass is 376 g/mol. The third kappa shape index (κ3) is 5.58. The maximum absolute atomic E-state index is 11.4. The molecule has 5 heteroatoms. The van der Waals surface area contributed by atoms with Crippen LogP contribution in [0.25, 0.3) is 0 Å². The minimum absolute atomic E-state index is 0.0664. The SMILES string of the molecule is CC(=O)N[C@H](CCC#N)c1ccc(CN2CCN(c3ccccc3)CC2)cc1. The molecule has 0 radical (unpaired) electrons. The Hall–Kier alpha value is -2.84. The van der Waals surface area contributed by atoms with Crippen LogP contribution < -0.4 is 10.2 Å². The number of nitrogens with zero attached hydrogens (tertiary/aromatic N) is 3. The topological polar surface area (TPSA) is 59.4 Å². The molecule has 0 spiro atoms. The summed E-state index contributed by atoms with van der Waals surface area (Å²) in [5, 5.41) is 11.8. The number of benzene rings is 2. The predicted octanol–water partition coefficient (Wildman–Crippen LogP) is 3.49. The second-order valence-corrected chi connectivity index (χ2v) is 7.29. The Morgan fingerprint density at radius 1 is 1.07 bits per heavy atom. The summed E-state index contributed by atoms with van der Waals surface area (Å²) in [4.78, 5) is 16.4. The summed E-state index contributed by atoms with van der Waals surface area (Å²) in [5.41, 5.74) is 3.63. The van der Waals surface area contributed by atoms with Gasteiger partial charge in [0.05, 0.1) is 12.1 Å². The van der Waals surface area contributed by atoms with Gasteiger partial charge in [-0.25, -0.2) is 0 Å². The first kappa shape index (κ1) is 19.9. The van der Waals surface area contributed by atoms with Gasteiger partial charge in [0.2, 0.25) is 5.91 Å². The van der Waals surface area contributed by atoms with Crippen LogP contribution in [0.1, 0.15) is 36.9 Å². The quantitative estimate of drug-likeness (QED) is 0.804. The van der Waals surface area contributed by atoms with Crippen molar-refractivity contribution in [1.82, 2.24) is 10.2 Å². The number of hydrogen-bond acceptors (Lipinski definition) is 4. The van der Waals surface area contributed by atoms with Gasteiger partial charge in [0.1, 0.15) is 0 Å². The lowest BCUT2D eigenvalue weighted by Gasteiger charge is -2.36. The van der Waals surface area contributed by atoms with Crippen molar-refractivity contribution in [2.24, 2.45) is 0 Å². The molecule has 2 aromatic carbocycles. The lowest BCUT2D eigenvalue weighted by Crippen LogP contribution is -2.45. The van der Waals surface area contributed by atoms with E-state index in [1.165, 1.54) is 18.2 Å². The Bertz CT molecular complexity index is 790. The normalized spacial score (nSPS) is 15.6. The Morgan fingerprint density at radius 3 is 2.36 bits per heavy atom. The van der Waals surface area contributed by atoms with E-state index in [-0.39, 0.29) is 11.9 Å². The summed E-state index contributed by atoms with van der Waals surface area (Å²) < 4.78 is 0. The van der Waals surface area contributed by atoms with Gasteiger partial charge >= 0.3 is 0 Å². The maximum atomic E-state index is 11.4. The molecule has 0 saturated carbocycles. The van der Waals surface area contributed by atoms with Crippen molar-refractivity contribution >= 4 is 11.6 Å². The molecule has 2 aromatic rings. The number of nitriles is 1. The molecule has 1 fully saturated rings. The van der Waals surface area contributed by atoms with Crippen molar-refractivity contribution in [2.45, 2.75) is 32.4 Å². The number of amides is 1. The molecule has 5 nitrogen and oxygen atoms in total. The number of carbonyl (C=O) groups excluding carboxylic acids is 1. The van der Waals surface area contributed by atoms with Crippen molar-refractivity contribution in [2.75, 3.05) is 31.1 Å². The molecule has 0 aromatic heterocycles. The van der Waals surface area contributed by atoms with E-state index in [0.717, 1.165) is 38.3 Å². The van der Waals surface area contributed by atoms with E-state index in [4.69, 9.17) is 5.26 Å². The highest BCUT2D eigenvalue weighted by Crippen LogP contribution is 2.21. The minimum Gasteiger partial charge on any atom is -0.369 e. The van der Waals surface area contributed by atoms with Gasteiger partial charge < -0.3 is 10.2 Å². The fourth-order valence-electron chi connectivity index (χ4n) is 3.69. The molecular formula is C23H28N4O. The number of hydrogen-bond donors (Lipinski definition) is 1. The summed E-state index contributed by atoms with van der Waals surface area (Å²) in [5.74, 6) is -0.0664. The molecule has 0 bridgehead atoms. The van der Waals surface area contributed by atoms with E-state index >= 15 is 0 Å². The van der Waals surface area contributed by atoms with Crippen molar-refractivity contribution < 1.29 is 4.79 Å². The standard InChI is InChI=1S/C23H28N4O/c1-19(28)25-23(8-5-13-24)21-11-9-20(10-12-21)18-26-14-16-27(17-15-26)22-6-3-2-4-7-22/h2-4,6-7,9-12,23H,5,8,14-18H2,1H3,(H,25,28)/t23-/m1/s1. The third-order valence-electron chi connectivity index (χ3n) is 5.20. The van der Waals surface area contributed by atoms with Crippen LogP contribution in [-0.2, 0) is 11.3 Å². The molecular weight excluding hydrogens is 348 g/mol. The molecule has 28 heavy (non-hydrogen) atoms. The van der Waals surface area contributed by atoms with Crippen LogP contribution in [0.4, 0.5) is 5.69 Å². The lowest BCUT2D eigenvalue weighted by molar-refractivity contribution is -0.119. The van der Waals surface area contributed by atoms with Crippen LogP contribution in [0.5, 0.6) is 0 Å². The number of para-hydroxylation sites is 1. The van der Waals surface area contributed by atoms with E-state index in [1.54, 1.807) is 0 Å². The summed E-state index contributed by atoms with van der Waals surface area (Å²) >= 11 is 0. The van der Waals surface area contributed by atoms with Crippen molar-refractivity contribution in [3.05, 3.63) is 65.7 Å². The molecule has 1 aliphatic rings. The fourth-order valence-corrected chi connectivity index (χ4v) is 3.69. The second-order valence-electron chi connectivity index (χ2n) is 7.29. The maximum Gasteiger partial charge on any atom is 0.217 e. The van der Waals surface area contributed by atoms with Crippen molar-refractivity contribution in [1.29, 1.82) is 5.26 Å². The Morgan fingerprint density at radius 2 is 1.75 bits per heavy atom. The summed E-state index contributed by atoms with van der Waals surface area (Å²) in [6.45, 7) is 6.64. The first-order chi connectivity index (χ1) is 13.7. The van der Waals surface area contributed by atoms with Crippen LogP contribution >= 0.6 is 0 Å². The van der Waals surface area contributed by atoms with Gasteiger partial charge in [-0.1, -0.05) is 42.5 Å². The van der Waals surface area contributed by atoms with Gasteiger partial charge in [-0.3, -0.25) is 9.69 Å². The highest BCUT2D eigenvalue weighted by Gasteiger charge is 2.17. The van der Waals surface area contributed by atoms with Crippen LogP contribution in [-0.4, -0.2) is 37.0 Å². The van der Waals surface area contributed by atoms with Crippen molar-refractivity contribution in [3.8, 4) is 6.07 Å². The number of piperazine rings is 1. The number of carbonyl (C=O) groups is 1. The van der Waals surface area contributed by atoms with Gasteiger partial charge in [-0.15, -0.1) is 0 Å². The van der Waals surface area contributed by atoms with Crippen LogP contribution in [0, 0.1) is 11.3 Å². The van der Waals surface area contributed by atoms with Gasteiger partial charge in [0.25, 0.3) is 0 Å². The molecule has 1 saturated heterocycles.